The topological polar surface area (TPSA) is 95.6 Å². The van der Waals surface area contributed by atoms with Gasteiger partial charge in [-0.2, -0.15) is 0 Å². The number of hydrogen-bond acceptors (Lipinski definition) is 6. The van der Waals surface area contributed by atoms with E-state index in [1.54, 1.807) is 41.2 Å². The zero-order chi connectivity index (χ0) is 21.8. The zero-order valence-electron chi connectivity index (χ0n) is 17.2. The molecule has 1 N–H and O–H groups in total. The van der Waals surface area contributed by atoms with Gasteiger partial charge in [-0.3, -0.25) is 14.4 Å². The number of rotatable bonds is 7. The van der Waals surface area contributed by atoms with Crippen LogP contribution >= 0.6 is 11.3 Å². The molecule has 0 unspecified atom stereocenters. The van der Waals surface area contributed by atoms with Crippen LogP contribution in [-0.4, -0.2) is 64.4 Å². The molecule has 0 spiro atoms. The molecule has 1 aromatic carbocycles. The van der Waals surface area contributed by atoms with Crippen molar-refractivity contribution in [1.29, 1.82) is 0 Å². The summed E-state index contributed by atoms with van der Waals surface area (Å²) < 4.78 is 5.18. The van der Waals surface area contributed by atoms with Crippen molar-refractivity contribution in [2.45, 2.75) is 25.4 Å². The average molecular weight is 441 g/mol. The molecule has 1 aliphatic rings. The van der Waals surface area contributed by atoms with E-state index in [0.29, 0.717) is 47.7 Å². The third kappa shape index (κ3) is 4.52. The number of carbonyl (C=O) groups is 2. The Morgan fingerprint density at radius 3 is 2.90 bits per heavy atom. The van der Waals surface area contributed by atoms with Crippen molar-refractivity contribution in [1.82, 2.24) is 19.8 Å². The Morgan fingerprint density at radius 1 is 1.29 bits per heavy atom. The minimum absolute atomic E-state index is 0.116. The van der Waals surface area contributed by atoms with Gasteiger partial charge in [0.2, 0.25) is 5.91 Å². The quantitative estimate of drug-likeness (QED) is 0.608. The number of nitrogens with zero attached hydrogens (tertiary/aromatic N) is 3. The summed E-state index contributed by atoms with van der Waals surface area (Å²) in [5.41, 5.74) is 0.339. The number of carbonyl (C=O) groups excluding carboxylic acids is 2. The molecule has 4 rings (SSSR count). The van der Waals surface area contributed by atoms with Crippen LogP contribution in [0.15, 0.2) is 46.6 Å². The molecule has 162 valence electrons. The van der Waals surface area contributed by atoms with E-state index >= 15 is 0 Å². The monoisotopic (exact) mass is 440 g/mol. The summed E-state index contributed by atoms with van der Waals surface area (Å²) in [7, 11) is 1.57. The number of amides is 2. The number of nitrogens with one attached hydrogen (secondary N) is 1. The summed E-state index contributed by atoms with van der Waals surface area (Å²) in [5.74, 6) is 0.132. The molecule has 0 saturated carbocycles. The van der Waals surface area contributed by atoms with E-state index in [2.05, 4.69) is 9.97 Å². The van der Waals surface area contributed by atoms with Gasteiger partial charge >= 0.3 is 0 Å². The van der Waals surface area contributed by atoms with Crippen molar-refractivity contribution in [2.24, 2.45) is 0 Å². The molecule has 0 aliphatic carbocycles. The first kappa shape index (κ1) is 21.2. The largest absolute Gasteiger partial charge is 0.383 e. The molecule has 31 heavy (non-hydrogen) atoms. The number of H-pyrrole nitrogens is 1. The summed E-state index contributed by atoms with van der Waals surface area (Å²) in [6.45, 7) is 1.37. The molecule has 1 fully saturated rings. The van der Waals surface area contributed by atoms with Gasteiger partial charge < -0.3 is 19.5 Å². The van der Waals surface area contributed by atoms with Gasteiger partial charge in [0.25, 0.3) is 11.5 Å². The molecule has 3 heterocycles. The summed E-state index contributed by atoms with van der Waals surface area (Å²) in [4.78, 5) is 50.0. The highest BCUT2D eigenvalue weighted by Crippen LogP contribution is 2.24. The van der Waals surface area contributed by atoms with Crippen molar-refractivity contribution in [3.63, 3.8) is 0 Å². The van der Waals surface area contributed by atoms with Crippen molar-refractivity contribution in [3.8, 4) is 0 Å². The maximum absolute atomic E-state index is 13.4. The van der Waals surface area contributed by atoms with E-state index in [1.807, 2.05) is 17.5 Å². The lowest BCUT2D eigenvalue weighted by Crippen LogP contribution is -2.48. The zero-order valence-corrected chi connectivity index (χ0v) is 18.1. The van der Waals surface area contributed by atoms with Crippen LogP contribution in [0.4, 0.5) is 0 Å². The molecule has 2 aromatic heterocycles. The third-order valence-corrected chi connectivity index (χ3v) is 6.27. The Morgan fingerprint density at radius 2 is 2.13 bits per heavy atom. The number of para-hydroxylation sites is 1. The number of likely N-dealkylation sites (tertiary alicyclic amines) is 1. The van der Waals surface area contributed by atoms with Crippen molar-refractivity contribution in [3.05, 3.63) is 62.8 Å². The van der Waals surface area contributed by atoms with Gasteiger partial charge in [0.05, 0.1) is 28.9 Å². The van der Waals surface area contributed by atoms with Gasteiger partial charge in [0, 0.05) is 20.2 Å². The molecule has 2 amide bonds. The van der Waals surface area contributed by atoms with E-state index in [4.69, 9.17) is 4.74 Å². The lowest BCUT2D eigenvalue weighted by Gasteiger charge is -2.30. The summed E-state index contributed by atoms with van der Waals surface area (Å²) >= 11 is 1.37. The number of ether oxygens (including phenoxy) is 1. The Bertz CT molecular complexity index is 1130. The molecule has 3 aromatic rings. The van der Waals surface area contributed by atoms with Gasteiger partial charge in [-0.15, -0.1) is 11.3 Å². The summed E-state index contributed by atoms with van der Waals surface area (Å²) in [5, 5.41) is 2.36. The van der Waals surface area contributed by atoms with E-state index in [-0.39, 0.29) is 23.9 Å². The molecule has 1 atom stereocenters. The summed E-state index contributed by atoms with van der Waals surface area (Å²) in [6, 6.07) is 10.2. The standard InChI is InChI=1S/C22H24N4O4S/c1-30-12-11-25(14-19-23-16-7-3-2-6-15(16)20(27)24-19)21(28)17-8-4-10-26(17)22(29)18-9-5-13-31-18/h2-3,5-7,9,13,17H,4,8,10-12,14H2,1H3,(H,23,24,27)/t17-/m0/s1. The van der Waals surface area contributed by atoms with Crippen LogP contribution in [-0.2, 0) is 16.1 Å². The maximum atomic E-state index is 13.4. The van der Waals surface area contributed by atoms with Crippen LogP contribution in [0, 0.1) is 0 Å². The Labute approximate surface area is 183 Å². The van der Waals surface area contributed by atoms with Gasteiger partial charge in [0.15, 0.2) is 0 Å². The molecule has 1 saturated heterocycles. The van der Waals surface area contributed by atoms with Crippen LogP contribution in [0.5, 0.6) is 0 Å². The van der Waals surface area contributed by atoms with Crippen molar-refractivity contribution < 1.29 is 14.3 Å². The second kappa shape index (κ2) is 9.40. The fourth-order valence-electron chi connectivity index (χ4n) is 3.88. The number of hydrogen-bond donors (Lipinski definition) is 1. The highest BCUT2D eigenvalue weighted by molar-refractivity contribution is 7.12. The van der Waals surface area contributed by atoms with Crippen LogP contribution in [0.1, 0.15) is 28.3 Å². The smallest absolute Gasteiger partial charge is 0.264 e. The predicted molar refractivity (Wildman–Crippen MR) is 118 cm³/mol. The van der Waals surface area contributed by atoms with Crippen LogP contribution in [0.3, 0.4) is 0 Å². The normalized spacial score (nSPS) is 16.0. The van der Waals surface area contributed by atoms with E-state index in [0.717, 1.165) is 6.42 Å². The predicted octanol–water partition coefficient (Wildman–Crippen LogP) is 2.26. The van der Waals surface area contributed by atoms with Crippen LogP contribution in [0.2, 0.25) is 0 Å². The second-order valence-corrected chi connectivity index (χ2v) is 8.36. The number of methoxy groups -OCH3 is 1. The first-order chi connectivity index (χ1) is 15.1. The average Bonchev–Trinajstić information content (AvgIpc) is 3.48. The Kier molecular flexibility index (Phi) is 6.43. The first-order valence-electron chi connectivity index (χ1n) is 10.2. The summed E-state index contributed by atoms with van der Waals surface area (Å²) in [6.07, 6.45) is 1.39. The maximum Gasteiger partial charge on any atom is 0.264 e. The van der Waals surface area contributed by atoms with Crippen molar-refractivity contribution in [2.75, 3.05) is 26.8 Å². The molecule has 1 aliphatic heterocycles. The van der Waals surface area contributed by atoms with Gasteiger partial charge in [-0.05, 0) is 36.4 Å². The van der Waals surface area contributed by atoms with Gasteiger partial charge in [-0.25, -0.2) is 4.98 Å². The molecule has 0 bridgehead atoms. The minimum Gasteiger partial charge on any atom is -0.383 e. The number of aromatic nitrogens is 2. The number of thiophene rings is 1. The molecule has 0 radical (unpaired) electrons. The van der Waals surface area contributed by atoms with Crippen LogP contribution in [0.25, 0.3) is 10.9 Å². The fraction of sp³-hybridized carbons (Fsp3) is 0.364. The number of benzene rings is 1. The van der Waals surface area contributed by atoms with Gasteiger partial charge in [0.1, 0.15) is 11.9 Å². The highest BCUT2D eigenvalue weighted by Gasteiger charge is 2.37. The Hall–Kier alpha value is -3.04. The SMILES string of the molecule is COCCN(Cc1nc2ccccc2c(=O)[nH]1)C(=O)[C@@H]1CCCN1C(=O)c1cccs1. The van der Waals surface area contributed by atoms with E-state index in [1.165, 1.54) is 11.3 Å². The van der Waals surface area contributed by atoms with Crippen LogP contribution < -0.4 is 5.56 Å². The fourth-order valence-corrected chi connectivity index (χ4v) is 4.56. The van der Waals surface area contributed by atoms with E-state index in [9.17, 15) is 14.4 Å². The van der Waals surface area contributed by atoms with E-state index < -0.39 is 6.04 Å². The second-order valence-electron chi connectivity index (χ2n) is 7.42. The third-order valence-electron chi connectivity index (χ3n) is 5.41. The number of fused-ring (bicyclic) bond motifs is 1. The molecule has 8 nitrogen and oxygen atoms in total. The molecular formula is C22H24N4O4S. The number of aromatic amines is 1. The molecule has 9 heteroatoms. The van der Waals surface area contributed by atoms with Crippen molar-refractivity contribution >= 4 is 34.1 Å². The highest BCUT2D eigenvalue weighted by atomic mass is 32.1. The van der Waals surface area contributed by atoms with Gasteiger partial charge in [-0.1, -0.05) is 18.2 Å². The minimum atomic E-state index is -0.529. The molecular weight excluding hydrogens is 416 g/mol. The Balaban J connectivity index is 1.58. The first-order valence-corrected chi connectivity index (χ1v) is 11.1. The lowest BCUT2D eigenvalue weighted by atomic mass is 10.1. The lowest BCUT2D eigenvalue weighted by molar-refractivity contribution is -0.136.